The zero-order valence-electron chi connectivity index (χ0n) is 13.7. The fourth-order valence-electron chi connectivity index (χ4n) is 2.05. The van der Waals surface area contributed by atoms with Gasteiger partial charge in [0.2, 0.25) is 0 Å². The molecule has 0 fully saturated rings. The van der Waals surface area contributed by atoms with E-state index in [0.717, 1.165) is 0 Å². The van der Waals surface area contributed by atoms with Gasteiger partial charge in [0.25, 0.3) is 0 Å². The first kappa shape index (κ1) is 18.2. The highest BCUT2D eigenvalue weighted by molar-refractivity contribution is 5.93. The maximum absolute atomic E-state index is 12.1. The third-order valence-electron chi connectivity index (χ3n) is 3.42. The minimum absolute atomic E-state index is 0.243. The van der Waals surface area contributed by atoms with Crippen molar-refractivity contribution in [2.75, 3.05) is 6.61 Å². The van der Waals surface area contributed by atoms with E-state index in [9.17, 15) is 14.4 Å². The summed E-state index contributed by atoms with van der Waals surface area (Å²) in [4.78, 5) is 34.4. The number of para-hydroxylation sites is 1. The van der Waals surface area contributed by atoms with Crippen molar-refractivity contribution in [3.05, 3.63) is 60.2 Å². The quantitative estimate of drug-likeness (QED) is 0.740. The van der Waals surface area contributed by atoms with Gasteiger partial charge in [0.05, 0.1) is 12.0 Å². The number of carbonyl (C=O) groups excluding carboxylic acids is 2. The molecule has 0 saturated heterocycles. The largest absolute Gasteiger partial charge is 0.481 e. The number of carboxylic acid groups (broad SMARTS) is 1. The van der Waals surface area contributed by atoms with Crippen molar-refractivity contribution in [1.82, 2.24) is 0 Å². The molecule has 0 aromatic heterocycles. The molecule has 0 bridgehead atoms. The Hall–Kier alpha value is -3.15. The fourth-order valence-corrected chi connectivity index (χ4v) is 2.05. The number of carbonyl (C=O) groups is 3. The molecule has 0 aliphatic rings. The maximum Gasteiger partial charge on any atom is 0.338 e. The van der Waals surface area contributed by atoms with E-state index in [1.165, 1.54) is 13.0 Å². The lowest BCUT2D eigenvalue weighted by atomic mass is 10.0. The molecule has 0 unspecified atom stereocenters. The van der Waals surface area contributed by atoms with E-state index in [1.54, 1.807) is 30.3 Å². The zero-order valence-corrected chi connectivity index (χ0v) is 13.7. The van der Waals surface area contributed by atoms with Crippen molar-refractivity contribution in [3.63, 3.8) is 0 Å². The number of ketones is 1. The van der Waals surface area contributed by atoms with Crippen LogP contribution in [0.3, 0.4) is 0 Å². The van der Waals surface area contributed by atoms with Gasteiger partial charge in [-0.2, -0.15) is 0 Å². The molecule has 0 saturated carbocycles. The summed E-state index contributed by atoms with van der Waals surface area (Å²) in [6.45, 7) is 1.02. The van der Waals surface area contributed by atoms with Gasteiger partial charge in [-0.15, -0.1) is 0 Å². The van der Waals surface area contributed by atoms with Crippen LogP contribution in [0.4, 0.5) is 0 Å². The number of rotatable bonds is 8. The molecule has 1 N–H and O–H groups in total. The molecular weight excluding hydrogens is 324 g/mol. The van der Waals surface area contributed by atoms with Gasteiger partial charge in [-0.3, -0.25) is 9.59 Å². The van der Waals surface area contributed by atoms with Crippen LogP contribution >= 0.6 is 0 Å². The minimum Gasteiger partial charge on any atom is -0.481 e. The summed E-state index contributed by atoms with van der Waals surface area (Å²) in [5.74, 6) is -1.80. The maximum atomic E-state index is 12.1. The van der Waals surface area contributed by atoms with Crippen LogP contribution in [-0.2, 0) is 14.3 Å². The van der Waals surface area contributed by atoms with Gasteiger partial charge in [-0.05, 0) is 30.3 Å². The molecule has 1 atom stereocenters. The molecule has 130 valence electrons. The summed E-state index contributed by atoms with van der Waals surface area (Å²) in [7, 11) is 0. The summed E-state index contributed by atoms with van der Waals surface area (Å²) in [5.41, 5.74) is 0.243. The van der Waals surface area contributed by atoms with Gasteiger partial charge in [0, 0.05) is 5.92 Å². The number of benzene rings is 2. The van der Waals surface area contributed by atoms with Crippen molar-refractivity contribution < 1.29 is 29.0 Å². The molecule has 6 heteroatoms. The van der Waals surface area contributed by atoms with Crippen molar-refractivity contribution in [3.8, 4) is 11.5 Å². The van der Waals surface area contributed by atoms with Crippen LogP contribution in [0.5, 0.6) is 11.5 Å². The van der Waals surface area contributed by atoms with Gasteiger partial charge >= 0.3 is 11.9 Å². The molecular formula is C19H18O6. The standard InChI is InChI=1S/C19H18O6/c1-13(10-18(21)22)17(20)12-24-19(23)14-6-5-9-16(11-14)25-15-7-3-2-4-8-15/h2-9,11,13H,10,12H2,1H3,(H,21,22)/t13-/m0/s1. The normalized spacial score (nSPS) is 11.4. The molecule has 6 nitrogen and oxygen atoms in total. The van der Waals surface area contributed by atoms with E-state index < -0.39 is 30.2 Å². The third kappa shape index (κ3) is 5.76. The lowest BCUT2D eigenvalue weighted by molar-refractivity contribution is -0.140. The monoisotopic (exact) mass is 342 g/mol. The summed E-state index contributed by atoms with van der Waals surface area (Å²) in [6, 6.07) is 15.5. The Bertz CT molecular complexity index is 754. The second-order valence-electron chi connectivity index (χ2n) is 5.48. The minimum atomic E-state index is -1.07. The summed E-state index contributed by atoms with van der Waals surface area (Å²) in [5, 5.41) is 8.67. The third-order valence-corrected chi connectivity index (χ3v) is 3.42. The van der Waals surface area contributed by atoms with Crippen molar-refractivity contribution in [2.45, 2.75) is 13.3 Å². The predicted octanol–water partition coefficient (Wildman–Crippen LogP) is 3.32. The highest BCUT2D eigenvalue weighted by Gasteiger charge is 2.18. The van der Waals surface area contributed by atoms with E-state index in [1.807, 2.05) is 18.2 Å². The van der Waals surface area contributed by atoms with Gasteiger partial charge < -0.3 is 14.6 Å². The van der Waals surface area contributed by atoms with Crippen LogP contribution in [-0.4, -0.2) is 29.4 Å². The highest BCUT2D eigenvalue weighted by Crippen LogP contribution is 2.22. The molecule has 2 rings (SSSR count). The Kier molecular flexibility index (Phi) is 6.28. The van der Waals surface area contributed by atoms with Gasteiger partial charge in [-0.1, -0.05) is 31.2 Å². The number of ether oxygens (including phenoxy) is 2. The lowest BCUT2D eigenvalue weighted by Gasteiger charge is -2.10. The first-order valence-corrected chi connectivity index (χ1v) is 7.70. The van der Waals surface area contributed by atoms with Crippen molar-refractivity contribution >= 4 is 17.7 Å². The van der Waals surface area contributed by atoms with Gasteiger partial charge in [0.15, 0.2) is 12.4 Å². The lowest BCUT2D eigenvalue weighted by Crippen LogP contribution is -2.22. The Morgan fingerprint density at radius 2 is 1.68 bits per heavy atom. The SMILES string of the molecule is C[C@@H](CC(=O)O)C(=O)COC(=O)c1cccc(Oc2ccccc2)c1. The Labute approximate surface area is 145 Å². The van der Waals surface area contributed by atoms with Crippen LogP contribution in [0, 0.1) is 5.92 Å². The average molecular weight is 342 g/mol. The van der Waals surface area contributed by atoms with E-state index in [0.29, 0.717) is 11.5 Å². The van der Waals surface area contributed by atoms with Crippen molar-refractivity contribution in [1.29, 1.82) is 0 Å². The Balaban J connectivity index is 1.94. The van der Waals surface area contributed by atoms with Crippen LogP contribution < -0.4 is 4.74 Å². The van der Waals surface area contributed by atoms with Gasteiger partial charge in [0.1, 0.15) is 11.5 Å². The zero-order chi connectivity index (χ0) is 18.2. The number of hydrogen-bond donors (Lipinski definition) is 1. The number of carboxylic acids is 1. The summed E-state index contributed by atoms with van der Waals surface area (Å²) >= 11 is 0. The van der Waals surface area contributed by atoms with E-state index in [4.69, 9.17) is 14.6 Å². The molecule has 0 radical (unpaired) electrons. The second-order valence-corrected chi connectivity index (χ2v) is 5.48. The van der Waals surface area contributed by atoms with Crippen LogP contribution in [0.15, 0.2) is 54.6 Å². The molecule has 0 spiro atoms. The topological polar surface area (TPSA) is 89.9 Å². The Morgan fingerprint density at radius 3 is 2.36 bits per heavy atom. The van der Waals surface area contributed by atoms with Gasteiger partial charge in [-0.25, -0.2) is 4.79 Å². The first-order chi connectivity index (χ1) is 12.0. The second kappa shape index (κ2) is 8.63. The number of esters is 1. The molecule has 0 amide bonds. The molecule has 2 aromatic carbocycles. The summed E-state index contributed by atoms with van der Waals surface area (Å²) in [6.07, 6.45) is -0.295. The van der Waals surface area contributed by atoms with E-state index >= 15 is 0 Å². The van der Waals surface area contributed by atoms with Crippen molar-refractivity contribution in [2.24, 2.45) is 5.92 Å². The molecule has 0 aliphatic carbocycles. The Morgan fingerprint density at radius 1 is 1.00 bits per heavy atom. The van der Waals surface area contributed by atoms with Crippen LogP contribution in [0.2, 0.25) is 0 Å². The molecule has 25 heavy (non-hydrogen) atoms. The van der Waals surface area contributed by atoms with E-state index in [-0.39, 0.29) is 12.0 Å². The number of Topliss-reactive ketones (excluding diaryl/α,β-unsaturated/α-hetero) is 1. The predicted molar refractivity (Wildman–Crippen MR) is 89.7 cm³/mol. The van der Waals surface area contributed by atoms with E-state index in [2.05, 4.69) is 0 Å². The first-order valence-electron chi connectivity index (χ1n) is 7.70. The number of aliphatic carboxylic acids is 1. The average Bonchev–Trinajstić information content (AvgIpc) is 2.60. The fraction of sp³-hybridized carbons (Fsp3) is 0.211. The van der Waals surface area contributed by atoms with Crippen LogP contribution in [0.1, 0.15) is 23.7 Å². The number of hydrogen-bond acceptors (Lipinski definition) is 5. The molecule has 0 aliphatic heterocycles. The molecule has 2 aromatic rings. The highest BCUT2D eigenvalue weighted by atomic mass is 16.5. The van der Waals surface area contributed by atoms with Crippen LogP contribution in [0.25, 0.3) is 0 Å². The smallest absolute Gasteiger partial charge is 0.338 e. The molecule has 0 heterocycles. The summed E-state index contributed by atoms with van der Waals surface area (Å²) < 4.78 is 10.6.